The lowest BCUT2D eigenvalue weighted by atomic mass is 10.0. The van der Waals surface area contributed by atoms with Gasteiger partial charge in [-0.25, -0.2) is 0 Å². The number of hydrogen-bond acceptors (Lipinski definition) is 4. The molecule has 1 N–H and O–H groups in total. The number of nitrogens with zero attached hydrogens (tertiary/aromatic N) is 2. The summed E-state index contributed by atoms with van der Waals surface area (Å²) in [7, 11) is 0. The van der Waals surface area contributed by atoms with Crippen LogP contribution in [0.1, 0.15) is 43.1 Å². The van der Waals surface area contributed by atoms with Gasteiger partial charge in [0.05, 0.1) is 0 Å². The van der Waals surface area contributed by atoms with Gasteiger partial charge in [0.2, 0.25) is 0 Å². The zero-order valence-corrected chi connectivity index (χ0v) is 10.2. The van der Waals surface area contributed by atoms with Crippen molar-refractivity contribution in [1.82, 2.24) is 15.5 Å². The Balaban J connectivity index is 2.66. The van der Waals surface area contributed by atoms with Crippen LogP contribution in [-0.2, 0) is 0 Å². The lowest BCUT2D eigenvalue weighted by Gasteiger charge is -2.21. The molecule has 0 aliphatic carbocycles. The molecule has 0 radical (unpaired) electrons. The molecule has 0 aliphatic heterocycles. The Morgan fingerprint density at radius 2 is 2.07 bits per heavy atom. The maximum atomic E-state index is 4.20. The third-order valence-corrected chi connectivity index (χ3v) is 3.48. The Morgan fingerprint density at radius 1 is 1.36 bits per heavy atom. The van der Waals surface area contributed by atoms with Gasteiger partial charge in [0.15, 0.2) is 0 Å². The molecule has 3 nitrogen and oxygen atoms in total. The molecule has 0 spiro atoms. The minimum absolute atomic E-state index is 0.464. The Kier molecular flexibility index (Phi) is 4.48. The predicted octanol–water partition coefficient (Wildman–Crippen LogP) is 2.34. The van der Waals surface area contributed by atoms with Crippen molar-refractivity contribution < 1.29 is 0 Å². The van der Waals surface area contributed by atoms with E-state index in [0.717, 1.165) is 23.0 Å². The van der Waals surface area contributed by atoms with Crippen LogP contribution in [0.15, 0.2) is 0 Å². The molecular formula is C10H19N3S. The molecule has 1 rings (SSSR count). The molecule has 0 bridgehead atoms. The second-order valence-electron chi connectivity index (χ2n) is 3.52. The molecule has 1 aromatic heterocycles. The van der Waals surface area contributed by atoms with Gasteiger partial charge < -0.3 is 5.32 Å². The summed E-state index contributed by atoms with van der Waals surface area (Å²) < 4.78 is 0. The van der Waals surface area contributed by atoms with Crippen molar-refractivity contribution in [3.05, 3.63) is 10.0 Å². The van der Waals surface area contributed by atoms with Crippen LogP contribution < -0.4 is 5.32 Å². The van der Waals surface area contributed by atoms with Crippen LogP contribution in [0.3, 0.4) is 0 Å². The maximum absolute atomic E-state index is 4.20. The number of likely N-dealkylation sites (N-methyl/N-ethyl adjacent to an activating group) is 1. The first-order valence-electron chi connectivity index (χ1n) is 5.22. The van der Waals surface area contributed by atoms with Crippen molar-refractivity contribution in [2.24, 2.45) is 0 Å². The highest BCUT2D eigenvalue weighted by Gasteiger charge is 2.19. The Labute approximate surface area is 89.9 Å². The first kappa shape index (κ1) is 11.6. The lowest BCUT2D eigenvalue weighted by Crippen LogP contribution is -2.32. The Hall–Kier alpha value is -0.480. The van der Waals surface area contributed by atoms with Crippen LogP contribution in [-0.4, -0.2) is 22.8 Å². The van der Waals surface area contributed by atoms with Crippen LogP contribution in [0.5, 0.6) is 0 Å². The van der Waals surface area contributed by atoms with Crippen LogP contribution in [0.4, 0.5) is 0 Å². The first-order valence-corrected chi connectivity index (χ1v) is 6.04. The standard InChI is InChI=1S/C10H19N3S/c1-5-9(11-6-2)7(3)10-13-12-8(4)14-10/h7,9,11H,5-6H2,1-4H3. The molecule has 0 fully saturated rings. The largest absolute Gasteiger partial charge is 0.314 e. The summed E-state index contributed by atoms with van der Waals surface area (Å²) >= 11 is 1.70. The molecule has 2 unspecified atom stereocenters. The van der Waals surface area contributed by atoms with Crippen molar-refractivity contribution in [3.8, 4) is 0 Å². The fourth-order valence-corrected chi connectivity index (χ4v) is 2.42. The summed E-state index contributed by atoms with van der Waals surface area (Å²) in [6.45, 7) is 9.58. The van der Waals surface area contributed by atoms with Crippen molar-refractivity contribution in [1.29, 1.82) is 0 Å². The molecule has 0 aromatic carbocycles. The zero-order chi connectivity index (χ0) is 10.6. The van der Waals surface area contributed by atoms with Crippen molar-refractivity contribution in [2.75, 3.05) is 6.54 Å². The normalized spacial score (nSPS) is 15.4. The summed E-state index contributed by atoms with van der Waals surface area (Å²) in [5.74, 6) is 0.464. The second kappa shape index (κ2) is 5.41. The number of aryl methyl sites for hydroxylation is 1. The number of nitrogens with one attached hydrogen (secondary N) is 1. The van der Waals surface area contributed by atoms with Gasteiger partial charge >= 0.3 is 0 Å². The SMILES string of the molecule is CCNC(CC)C(C)c1nnc(C)s1. The van der Waals surface area contributed by atoms with Crippen molar-refractivity contribution in [2.45, 2.75) is 46.1 Å². The molecule has 80 valence electrons. The Bertz CT molecular complexity index is 272. The van der Waals surface area contributed by atoms with E-state index in [1.54, 1.807) is 11.3 Å². The van der Waals surface area contributed by atoms with E-state index >= 15 is 0 Å². The second-order valence-corrected chi connectivity index (χ2v) is 4.73. The van der Waals surface area contributed by atoms with E-state index in [4.69, 9.17) is 0 Å². The molecule has 2 atom stereocenters. The summed E-state index contributed by atoms with van der Waals surface area (Å²) in [4.78, 5) is 0. The van der Waals surface area contributed by atoms with Crippen molar-refractivity contribution >= 4 is 11.3 Å². The van der Waals surface area contributed by atoms with Gasteiger partial charge in [-0.1, -0.05) is 20.8 Å². The summed E-state index contributed by atoms with van der Waals surface area (Å²) in [6, 6.07) is 0.521. The molecule has 1 heterocycles. The van der Waals surface area contributed by atoms with Gasteiger partial charge in [-0.05, 0) is 19.9 Å². The monoisotopic (exact) mass is 213 g/mol. The molecular weight excluding hydrogens is 194 g/mol. The topological polar surface area (TPSA) is 37.8 Å². The van der Waals surface area contributed by atoms with Crippen LogP contribution in [0, 0.1) is 6.92 Å². The molecule has 1 aromatic rings. The van der Waals surface area contributed by atoms with Gasteiger partial charge in [0, 0.05) is 12.0 Å². The highest BCUT2D eigenvalue weighted by molar-refractivity contribution is 7.11. The molecule has 0 saturated carbocycles. The number of rotatable bonds is 5. The van der Waals surface area contributed by atoms with Gasteiger partial charge in [-0.15, -0.1) is 21.5 Å². The fraction of sp³-hybridized carbons (Fsp3) is 0.800. The van der Waals surface area contributed by atoms with E-state index < -0.39 is 0 Å². The molecule has 14 heavy (non-hydrogen) atoms. The fourth-order valence-electron chi connectivity index (χ4n) is 1.60. The zero-order valence-electron chi connectivity index (χ0n) is 9.37. The minimum atomic E-state index is 0.464. The van der Waals surface area contributed by atoms with Gasteiger partial charge in [-0.2, -0.15) is 0 Å². The highest BCUT2D eigenvalue weighted by Crippen LogP contribution is 2.23. The van der Waals surface area contributed by atoms with Crippen LogP contribution in [0.2, 0.25) is 0 Å². The van der Waals surface area contributed by atoms with E-state index in [0.29, 0.717) is 12.0 Å². The maximum Gasteiger partial charge on any atom is 0.121 e. The minimum Gasteiger partial charge on any atom is -0.314 e. The smallest absolute Gasteiger partial charge is 0.121 e. The quantitative estimate of drug-likeness (QED) is 0.816. The first-order chi connectivity index (χ1) is 6.69. The third kappa shape index (κ3) is 2.75. The van der Waals surface area contributed by atoms with Crippen LogP contribution in [0.25, 0.3) is 0 Å². The summed E-state index contributed by atoms with van der Waals surface area (Å²) in [5.41, 5.74) is 0. The third-order valence-electron chi connectivity index (χ3n) is 2.44. The van der Waals surface area contributed by atoms with E-state index in [9.17, 15) is 0 Å². The van der Waals surface area contributed by atoms with Crippen molar-refractivity contribution in [3.63, 3.8) is 0 Å². The Morgan fingerprint density at radius 3 is 2.50 bits per heavy atom. The number of hydrogen-bond donors (Lipinski definition) is 1. The average molecular weight is 213 g/mol. The average Bonchev–Trinajstić information content (AvgIpc) is 2.60. The molecule has 0 saturated heterocycles. The number of aromatic nitrogens is 2. The summed E-state index contributed by atoms with van der Waals surface area (Å²) in [6.07, 6.45) is 1.13. The van der Waals surface area contributed by atoms with Crippen LogP contribution >= 0.6 is 11.3 Å². The van der Waals surface area contributed by atoms with Gasteiger partial charge in [0.1, 0.15) is 10.0 Å². The molecule has 0 amide bonds. The van der Waals surface area contributed by atoms with E-state index in [-0.39, 0.29) is 0 Å². The van der Waals surface area contributed by atoms with E-state index in [2.05, 4.69) is 36.3 Å². The predicted molar refractivity (Wildman–Crippen MR) is 60.8 cm³/mol. The molecule has 4 heteroatoms. The molecule has 0 aliphatic rings. The van der Waals surface area contributed by atoms with E-state index in [1.165, 1.54) is 0 Å². The lowest BCUT2D eigenvalue weighted by molar-refractivity contribution is 0.446. The summed E-state index contributed by atoms with van der Waals surface area (Å²) in [5, 5.41) is 13.9. The van der Waals surface area contributed by atoms with Gasteiger partial charge in [0.25, 0.3) is 0 Å². The van der Waals surface area contributed by atoms with Gasteiger partial charge in [-0.3, -0.25) is 0 Å². The highest BCUT2D eigenvalue weighted by atomic mass is 32.1. The van der Waals surface area contributed by atoms with E-state index in [1.807, 2.05) is 6.92 Å².